The molecule has 0 spiro atoms. The molecule has 2 aromatic rings. The van der Waals surface area contributed by atoms with E-state index in [2.05, 4.69) is 16.0 Å². The van der Waals surface area contributed by atoms with E-state index >= 15 is 0 Å². The number of carbonyl (C=O) groups excluding carboxylic acids is 4. The minimum absolute atomic E-state index is 0.00937. The van der Waals surface area contributed by atoms with Crippen molar-refractivity contribution >= 4 is 56.5 Å². The van der Waals surface area contributed by atoms with Crippen LogP contribution in [0.25, 0.3) is 0 Å². The fraction of sp³-hybridized carbons (Fsp3) is 0.515. The van der Waals surface area contributed by atoms with E-state index in [0.717, 1.165) is 23.6 Å². The van der Waals surface area contributed by atoms with Crippen molar-refractivity contribution in [1.82, 2.24) is 15.5 Å². The number of fused-ring (bicyclic) bond motifs is 1. The maximum absolute atomic E-state index is 14.3. The van der Waals surface area contributed by atoms with Crippen molar-refractivity contribution in [2.75, 3.05) is 29.3 Å². The van der Waals surface area contributed by atoms with Crippen LogP contribution in [0.2, 0.25) is 5.02 Å². The molecule has 0 bridgehead atoms. The summed E-state index contributed by atoms with van der Waals surface area (Å²) in [5, 5.41) is 8.99. The molecule has 0 radical (unpaired) electrons. The molecular formula is C33H42ClN5O6S. The third-order valence-electron chi connectivity index (χ3n) is 9.08. The summed E-state index contributed by atoms with van der Waals surface area (Å²) in [5.74, 6) is -0.968. The number of piperidine rings is 1. The second-order valence-corrected chi connectivity index (χ2v) is 15.8. The Morgan fingerprint density at radius 2 is 1.67 bits per heavy atom. The number of hydrogen-bond donors (Lipinski definition) is 3. The Morgan fingerprint density at radius 3 is 2.26 bits per heavy atom. The van der Waals surface area contributed by atoms with Crippen molar-refractivity contribution in [2.45, 2.75) is 83.3 Å². The van der Waals surface area contributed by atoms with Gasteiger partial charge < -0.3 is 16.0 Å². The summed E-state index contributed by atoms with van der Waals surface area (Å²) in [6, 6.07) is 8.24. The number of para-hydroxylation sites is 2. The molecule has 3 N–H and O–H groups in total. The number of benzene rings is 2. The molecule has 5 rings (SSSR count). The SMILES string of the molecule is Cc1cc(Cl)cc(C)c1S(=O)(=O)N1c2ccccc2NC(=O)C1CC(=O)NC1(N2CCC(CCNC(=O)C(C)(C)C)CC2)CC1=O. The van der Waals surface area contributed by atoms with E-state index in [4.69, 9.17) is 11.6 Å². The van der Waals surface area contributed by atoms with Crippen molar-refractivity contribution in [3.8, 4) is 0 Å². The van der Waals surface area contributed by atoms with E-state index in [1.54, 1.807) is 50.2 Å². The smallest absolute Gasteiger partial charge is 0.265 e. The Labute approximate surface area is 275 Å². The first-order valence-electron chi connectivity index (χ1n) is 15.6. The van der Waals surface area contributed by atoms with Gasteiger partial charge in [-0.05, 0) is 74.4 Å². The molecule has 2 aromatic carbocycles. The zero-order chi connectivity index (χ0) is 33.6. The molecule has 13 heteroatoms. The maximum atomic E-state index is 14.3. The van der Waals surface area contributed by atoms with Crippen LogP contribution < -0.4 is 20.3 Å². The topological polar surface area (TPSA) is 145 Å². The largest absolute Gasteiger partial charge is 0.356 e. The highest BCUT2D eigenvalue weighted by atomic mass is 35.5. The van der Waals surface area contributed by atoms with E-state index in [1.807, 2.05) is 25.7 Å². The Kier molecular flexibility index (Phi) is 9.29. The molecule has 3 amide bonds. The number of rotatable bonds is 9. The lowest BCUT2D eigenvalue weighted by atomic mass is 9.92. The molecule has 2 atom stereocenters. The lowest BCUT2D eigenvalue weighted by Gasteiger charge is -2.39. The van der Waals surface area contributed by atoms with Gasteiger partial charge in [0.2, 0.25) is 17.7 Å². The highest BCUT2D eigenvalue weighted by Gasteiger charge is 2.60. The molecule has 2 unspecified atom stereocenters. The molecule has 1 aliphatic carbocycles. The molecule has 11 nitrogen and oxygen atoms in total. The summed E-state index contributed by atoms with van der Waals surface area (Å²) in [4.78, 5) is 54.0. The predicted octanol–water partition coefficient (Wildman–Crippen LogP) is 3.91. The molecular weight excluding hydrogens is 630 g/mol. The number of hydrogen-bond acceptors (Lipinski definition) is 7. The van der Waals surface area contributed by atoms with Crippen LogP contribution in [0.4, 0.5) is 11.4 Å². The number of likely N-dealkylation sites (tertiary alicyclic amines) is 1. The van der Waals surface area contributed by atoms with Crippen molar-refractivity contribution < 1.29 is 27.6 Å². The van der Waals surface area contributed by atoms with E-state index in [9.17, 15) is 27.6 Å². The van der Waals surface area contributed by atoms with Gasteiger partial charge in [-0.25, -0.2) is 8.42 Å². The molecule has 2 fully saturated rings. The lowest BCUT2D eigenvalue weighted by Crippen LogP contribution is -2.57. The normalized spacial score (nSPS) is 22.2. The van der Waals surface area contributed by atoms with E-state index in [0.29, 0.717) is 47.4 Å². The Bertz CT molecular complexity index is 1660. The first-order valence-corrected chi connectivity index (χ1v) is 17.4. The number of ketones is 1. The molecule has 0 aromatic heterocycles. The van der Waals surface area contributed by atoms with E-state index < -0.39 is 45.4 Å². The van der Waals surface area contributed by atoms with Gasteiger partial charge in [0.05, 0.1) is 29.1 Å². The van der Waals surface area contributed by atoms with Gasteiger partial charge >= 0.3 is 0 Å². The van der Waals surface area contributed by atoms with Gasteiger partial charge in [-0.15, -0.1) is 0 Å². The van der Waals surface area contributed by atoms with Crippen LogP contribution in [-0.4, -0.2) is 68.2 Å². The van der Waals surface area contributed by atoms with Gasteiger partial charge in [0.15, 0.2) is 11.4 Å². The predicted molar refractivity (Wildman–Crippen MR) is 176 cm³/mol. The standard InChI is InChI=1S/C33H42ClN5O6S/c1-20-16-23(34)17-21(2)29(20)46(44,45)39-25-9-7-6-8-24(25)36-30(42)26(39)18-28(41)37-33(19-27(33)40)38-14-11-22(12-15-38)10-13-35-31(43)32(3,4)5/h6-9,16-17,22,26H,10-15,18-19H2,1-5H3,(H,35,43)(H,36,42)(H,37,41). The van der Waals surface area contributed by atoms with Crippen LogP contribution in [0, 0.1) is 25.2 Å². The van der Waals surface area contributed by atoms with E-state index in [-0.39, 0.29) is 28.7 Å². The molecule has 2 aliphatic heterocycles. The van der Waals surface area contributed by atoms with Gasteiger partial charge in [0, 0.05) is 30.1 Å². The average Bonchev–Trinajstić information content (AvgIpc) is 3.61. The molecule has 248 valence electrons. The fourth-order valence-electron chi connectivity index (χ4n) is 6.52. The molecule has 1 saturated heterocycles. The Hall–Kier alpha value is -3.48. The number of nitrogens with zero attached hydrogens (tertiary/aromatic N) is 2. The first-order chi connectivity index (χ1) is 21.5. The number of halogens is 1. The van der Waals surface area contributed by atoms with Gasteiger partial charge in [0.1, 0.15) is 6.04 Å². The van der Waals surface area contributed by atoms with Gasteiger partial charge in [0.25, 0.3) is 10.0 Å². The third kappa shape index (κ3) is 6.65. The summed E-state index contributed by atoms with van der Waals surface area (Å²) in [6.45, 7) is 10.7. The number of amides is 3. The quantitative estimate of drug-likeness (QED) is 0.367. The van der Waals surface area contributed by atoms with E-state index in [1.165, 1.54) is 0 Å². The highest BCUT2D eigenvalue weighted by Crippen LogP contribution is 2.41. The second-order valence-electron chi connectivity index (χ2n) is 13.6. The number of nitrogens with one attached hydrogen (secondary N) is 3. The summed E-state index contributed by atoms with van der Waals surface area (Å²) < 4.78 is 29.7. The summed E-state index contributed by atoms with van der Waals surface area (Å²) >= 11 is 6.19. The highest BCUT2D eigenvalue weighted by molar-refractivity contribution is 7.93. The first kappa shape index (κ1) is 33.9. The number of aryl methyl sites for hydroxylation is 2. The average molecular weight is 672 g/mol. The zero-order valence-corrected chi connectivity index (χ0v) is 28.5. The summed E-state index contributed by atoms with van der Waals surface area (Å²) in [7, 11) is -4.34. The number of Topliss-reactive ketones (excluding diaryl/α,β-unsaturated/α-hetero) is 1. The third-order valence-corrected chi connectivity index (χ3v) is 11.4. The van der Waals surface area contributed by atoms with Gasteiger partial charge in [-0.1, -0.05) is 44.5 Å². The van der Waals surface area contributed by atoms with Crippen LogP contribution in [0.5, 0.6) is 0 Å². The van der Waals surface area contributed by atoms with Crippen molar-refractivity contribution in [1.29, 1.82) is 0 Å². The molecule has 3 aliphatic rings. The van der Waals surface area contributed by atoms with Crippen LogP contribution >= 0.6 is 11.6 Å². The van der Waals surface area contributed by atoms with Gasteiger partial charge in [-0.2, -0.15) is 0 Å². The molecule has 2 heterocycles. The maximum Gasteiger partial charge on any atom is 0.265 e. The minimum Gasteiger partial charge on any atom is -0.356 e. The summed E-state index contributed by atoms with van der Waals surface area (Å²) in [5.41, 5.74) is -0.216. The number of anilines is 2. The minimum atomic E-state index is -4.34. The van der Waals surface area contributed by atoms with Crippen molar-refractivity contribution in [3.63, 3.8) is 0 Å². The van der Waals surface area contributed by atoms with Crippen LogP contribution in [0.1, 0.15) is 64.0 Å². The second kappa shape index (κ2) is 12.6. The Balaban J connectivity index is 1.31. The van der Waals surface area contributed by atoms with Crippen molar-refractivity contribution in [2.24, 2.45) is 11.3 Å². The molecule has 1 saturated carbocycles. The number of carbonyl (C=O) groups is 4. The van der Waals surface area contributed by atoms with Crippen LogP contribution in [0.3, 0.4) is 0 Å². The van der Waals surface area contributed by atoms with Gasteiger partial charge in [-0.3, -0.25) is 28.4 Å². The fourth-order valence-corrected chi connectivity index (χ4v) is 8.90. The molecule has 46 heavy (non-hydrogen) atoms. The monoisotopic (exact) mass is 671 g/mol. The summed E-state index contributed by atoms with van der Waals surface area (Å²) in [6.07, 6.45) is 2.12. The Morgan fingerprint density at radius 1 is 1.07 bits per heavy atom. The van der Waals surface area contributed by atoms with Crippen LogP contribution in [-0.2, 0) is 29.2 Å². The van der Waals surface area contributed by atoms with Crippen molar-refractivity contribution in [3.05, 3.63) is 52.5 Å². The lowest BCUT2D eigenvalue weighted by molar-refractivity contribution is -0.129. The zero-order valence-electron chi connectivity index (χ0n) is 26.9. The number of sulfonamides is 1. The van der Waals surface area contributed by atoms with Crippen LogP contribution in [0.15, 0.2) is 41.3 Å².